The van der Waals surface area contributed by atoms with E-state index >= 15 is 0 Å². The third-order valence-electron chi connectivity index (χ3n) is 4.18. The van der Waals surface area contributed by atoms with Crippen molar-refractivity contribution in [2.75, 3.05) is 20.2 Å². The molecule has 2 aromatic heterocycles. The number of benzene rings is 1. The summed E-state index contributed by atoms with van der Waals surface area (Å²) in [6.45, 7) is -0.524. The first-order valence-electron chi connectivity index (χ1n) is 8.52. The highest BCUT2D eigenvalue weighted by molar-refractivity contribution is 5.94. The number of aryl methyl sites for hydroxylation is 1. The standard InChI is InChI=1S/C18H20N6O4/c1-23-14(6-7-21-23)12-4-3-5-15-13(12)8-22-24(15)11-17(26)19-9-16(25)20-10-18(27)28-2/h3-8H,9-11H2,1-2H3,(H,19,26)(H,20,25). The van der Waals surface area contributed by atoms with Crippen LogP contribution in [0.3, 0.4) is 0 Å². The highest BCUT2D eigenvalue weighted by atomic mass is 16.5. The molecule has 2 amide bonds. The summed E-state index contributed by atoms with van der Waals surface area (Å²) in [4.78, 5) is 34.8. The van der Waals surface area contributed by atoms with E-state index in [1.165, 1.54) is 7.11 Å². The molecule has 10 nitrogen and oxygen atoms in total. The maximum atomic E-state index is 12.2. The second kappa shape index (κ2) is 8.33. The van der Waals surface area contributed by atoms with Gasteiger partial charge >= 0.3 is 5.97 Å². The van der Waals surface area contributed by atoms with E-state index in [1.807, 2.05) is 31.3 Å². The van der Waals surface area contributed by atoms with Crippen molar-refractivity contribution in [1.29, 1.82) is 0 Å². The van der Waals surface area contributed by atoms with Gasteiger partial charge in [0, 0.05) is 24.2 Å². The van der Waals surface area contributed by atoms with Crippen LogP contribution in [0.25, 0.3) is 22.2 Å². The number of hydrogen-bond donors (Lipinski definition) is 2. The molecule has 2 N–H and O–H groups in total. The summed E-state index contributed by atoms with van der Waals surface area (Å²) in [5.74, 6) is -1.42. The van der Waals surface area contributed by atoms with Crippen molar-refractivity contribution in [3.63, 3.8) is 0 Å². The Bertz CT molecular complexity index is 1020. The van der Waals surface area contributed by atoms with E-state index in [-0.39, 0.29) is 25.5 Å². The third-order valence-corrected chi connectivity index (χ3v) is 4.18. The summed E-state index contributed by atoms with van der Waals surface area (Å²) in [5.41, 5.74) is 2.70. The molecule has 1 aromatic carbocycles. The predicted octanol–water partition coefficient (Wildman–Crippen LogP) is -0.158. The summed E-state index contributed by atoms with van der Waals surface area (Å²) in [5, 5.41) is 14.2. The first kappa shape index (κ1) is 19.1. The number of esters is 1. The number of nitrogens with one attached hydrogen (secondary N) is 2. The Morgan fingerprint density at radius 3 is 2.57 bits per heavy atom. The van der Waals surface area contributed by atoms with Gasteiger partial charge in [-0.3, -0.25) is 23.7 Å². The maximum absolute atomic E-state index is 12.2. The Morgan fingerprint density at radius 1 is 1.07 bits per heavy atom. The van der Waals surface area contributed by atoms with Gasteiger partial charge in [0.25, 0.3) is 0 Å². The molecule has 146 valence electrons. The van der Waals surface area contributed by atoms with Crippen LogP contribution in [0.15, 0.2) is 36.7 Å². The summed E-state index contributed by atoms with van der Waals surface area (Å²) in [6, 6.07) is 7.64. The van der Waals surface area contributed by atoms with E-state index < -0.39 is 11.9 Å². The van der Waals surface area contributed by atoms with Gasteiger partial charge in [-0.25, -0.2) is 0 Å². The normalized spacial score (nSPS) is 10.6. The molecule has 0 fully saturated rings. The smallest absolute Gasteiger partial charge is 0.325 e. The van der Waals surface area contributed by atoms with Crippen molar-refractivity contribution in [3.8, 4) is 11.3 Å². The quantitative estimate of drug-likeness (QED) is 0.546. The lowest BCUT2D eigenvalue weighted by atomic mass is 10.1. The lowest BCUT2D eigenvalue weighted by molar-refractivity contribution is -0.141. The molecule has 0 aliphatic rings. The van der Waals surface area contributed by atoms with Crippen molar-refractivity contribution in [1.82, 2.24) is 30.2 Å². The third kappa shape index (κ3) is 4.17. The second-order valence-corrected chi connectivity index (χ2v) is 6.01. The molecule has 0 atom stereocenters. The van der Waals surface area contributed by atoms with Crippen molar-refractivity contribution in [2.24, 2.45) is 7.05 Å². The van der Waals surface area contributed by atoms with Crippen LogP contribution in [-0.4, -0.2) is 57.5 Å². The second-order valence-electron chi connectivity index (χ2n) is 6.01. The van der Waals surface area contributed by atoms with Crippen LogP contribution in [-0.2, 0) is 32.7 Å². The van der Waals surface area contributed by atoms with E-state index in [4.69, 9.17) is 0 Å². The lowest BCUT2D eigenvalue weighted by Crippen LogP contribution is -2.40. The Labute approximate surface area is 160 Å². The van der Waals surface area contributed by atoms with Gasteiger partial charge in [-0.2, -0.15) is 10.2 Å². The van der Waals surface area contributed by atoms with Crippen LogP contribution >= 0.6 is 0 Å². The van der Waals surface area contributed by atoms with Crippen molar-refractivity contribution < 1.29 is 19.1 Å². The number of carbonyl (C=O) groups is 3. The van der Waals surface area contributed by atoms with Crippen molar-refractivity contribution in [2.45, 2.75) is 6.54 Å². The largest absolute Gasteiger partial charge is 0.468 e. The molecular formula is C18H20N6O4. The topological polar surface area (TPSA) is 120 Å². The number of methoxy groups -OCH3 is 1. The van der Waals surface area contributed by atoms with E-state index in [2.05, 4.69) is 25.6 Å². The molecule has 28 heavy (non-hydrogen) atoms. The average molecular weight is 384 g/mol. The van der Waals surface area contributed by atoms with Crippen molar-refractivity contribution in [3.05, 3.63) is 36.7 Å². The molecule has 0 bridgehead atoms. The fourth-order valence-corrected chi connectivity index (χ4v) is 2.77. The number of nitrogens with zero attached hydrogens (tertiary/aromatic N) is 4. The van der Waals surface area contributed by atoms with Gasteiger partial charge in [-0.1, -0.05) is 12.1 Å². The number of carbonyl (C=O) groups excluding carboxylic acids is 3. The molecule has 10 heteroatoms. The molecule has 3 aromatic rings. The first-order valence-corrected chi connectivity index (χ1v) is 8.52. The highest BCUT2D eigenvalue weighted by Crippen LogP contribution is 2.27. The molecule has 0 saturated carbocycles. The van der Waals surface area contributed by atoms with Crippen molar-refractivity contribution >= 4 is 28.7 Å². The van der Waals surface area contributed by atoms with Crippen LogP contribution in [0.1, 0.15) is 0 Å². The lowest BCUT2D eigenvalue weighted by Gasteiger charge is -2.08. The molecular weight excluding hydrogens is 364 g/mol. The van der Waals surface area contributed by atoms with E-state index in [1.54, 1.807) is 21.8 Å². The fraction of sp³-hybridized carbons (Fsp3) is 0.278. The molecule has 0 unspecified atom stereocenters. The Morgan fingerprint density at radius 2 is 1.86 bits per heavy atom. The predicted molar refractivity (Wildman–Crippen MR) is 100.0 cm³/mol. The van der Waals surface area contributed by atoms with Gasteiger partial charge in [0.05, 0.1) is 31.1 Å². The number of amides is 2. The number of ether oxygens (including phenoxy) is 1. The SMILES string of the molecule is COC(=O)CNC(=O)CNC(=O)Cn1ncc2c(-c3ccnn3C)cccc21. The first-order chi connectivity index (χ1) is 13.5. The molecule has 0 spiro atoms. The highest BCUT2D eigenvalue weighted by Gasteiger charge is 2.13. The minimum absolute atomic E-state index is 0.0391. The summed E-state index contributed by atoms with van der Waals surface area (Å²) >= 11 is 0. The molecule has 0 aliphatic carbocycles. The zero-order chi connectivity index (χ0) is 20.1. The summed E-state index contributed by atoms with van der Waals surface area (Å²) in [7, 11) is 3.08. The Hall–Kier alpha value is -3.69. The molecule has 0 saturated heterocycles. The fourth-order valence-electron chi connectivity index (χ4n) is 2.77. The van der Waals surface area contributed by atoms with E-state index in [0.717, 1.165) is 22.2 Å². The van der Waals surface area contributed by atoms with Gasteiger partial charge in [-0.05, 0) is 12.1 Å². The summed E-state index contributed by atoms with van der Waals surface area (Å²) in [6.07, 6.45) is 3.42. The van der Waals surface area contributed by atoms with Crippen LogP contribution < -0.4 is 10.6 Å². The molecule has 2 heterocycles. The van der Waals surface area contributed by atoms with Crippen LogP contribution in [0.2, 0.25) is 0 Å². The van der Waals surface area contributed by atoms with Gasteiger partial charge in [0.1, 0.15) is 13.1 Å². The number of hydrogen-bond acceptors (Lipinski definition) is 6. The summed E-state index contributed by atoms with van der Waals surface area (Å²) < 4.78 is 7.76. The average Bonchev–Trinajstić information content (AvgIpc) is 3.30. The van der Waals surface area contributed by atoms with Gasteiger partial charge < -0.3 is 15.4 Å². The Balaban J connectivity index is 1.65. The molecule has 3 rings (SSSR count). The minimum Gasteiger partial charge on any atom is -0.468 e. The van der Waals surface area contributed by atoms with Gasteiger partial charge in [0.2, 0.25) is 11.8 Å². The molecule has 0 radical (unpaired) electrons. The minimum atomic E-state index is -0.563. The van der Waals surface area contributed by atoms with E-state index in [0.29, 0.717) is 0 Å². The number of fused-ring (bicyclic) bond motifs is 1. The van der Waals surface area contributed by atoms with Crippen LogP contribution in [0.4, 0.5) is 0 Å². The maximum Gasteiger partial charge on any atom is 0.325 e. The number of aromatic nitrogens is 4. The van der Waals surface area contributed by atoms with E-state index in [9.17, 15) is 14.4 Å². The molecule has 0 aliphatic heterocycles. The van der Waals surface area contributed by atoms with Crippen LogP contribution in [0, 0.1) is 0 Å². The Kier molecular flexibility index (Phi) is 5.68. The zero-order valence-corrected chi connectivity index (χ0v) is 15.5. The zero-order valence-electron chi connectivity index (χ0n) is 15.5. The van der Waals surface area contributed by atoms with Crippen LogP contribution in [0.5, 0.6) is 0 Å². The monoisotopic (exact) mass is 384 g/mol. The number of rotatable bonds is 7. The van der Waals surface area contributed by atoms with Gasteiger partial charge in [-0.15, -0.1) is 0 Å². The van der Waals surface area contributed by atoms with Gasteiger partial charge in [0.15, 0.2) is 0 Å².